The molecular weight excluding hydrogens is 342 g/mol. The molecule has 0 bridgehead atoms. The Kier molecular flexibility index (Phi) is 4.00. The molecule has 0 aliphatic heterocycles. The fourth-order valence-electron chi connectivity index (χ4n) is 3.59. The minimum atomic E-state index is -0.995. The number of furan rings is 1. The standard InChI is InChI=1S/C22H23NO4/c1-22(2,26)17-11-18-16(10-15(17)12-4-5-12)19(21(25)23-3)20(27-18)13-6-8-14(24)9-7-13/h6-12,24,26H,4-5H2,1-3H3,(H,23,25). The first-order valence-corrected chi connectivity index (χ1v) is 9.14. The number of fused-ring (bicyclic) bond motifs is 1. The molecule has 0 atom stereocenters. The van der Waals surface area contributed by atoms with E-state index in [1.807, 2.05) is 12.1 Å². The van der Waals surface area contributed by atoms with Crippen molar-refractivity contribution in [2.45, 2.75) is 38.2 Å². The summed E-state index contributed by atoms with van der Waals surface area (Å²) in [4.78, 5) is 12.7. The Morgan fingerprint density at radius 3 is 2.41 bits per heavy atom. The summed E-state index contributed by atoms with van der Waals surface area (Å²) in [6, 6.07) is 10.4. The minimum absolute atomic E-state index is 0.150. The Balaban J connectivity index is 2.01. The van der Waals surface area contributed by atoms with E-state index in [0.717, 1.165) is 29.4 Å². The lowest BCUT2D eigenvalue weighted by molar-refractivity contribution is 0.0776. The van der Waals surface area contributed by atoms with Gasteiger partial charge in [0.2, 0.25) is 0 Å². The highest BCUT2D eigenvalue weighted by Gasteiger charge is 2.33. The van der Waals surface area contributed by atoms with Gasteiger partial charge in [-0.15, -0.1) is 0 Å². The number of carbonyl (C=O) groups is 1. The number of nitrogens with one attached hydrogen (secondary N) is 1. The summed E-state index contributed by atoms with van der Waals surface area (Å²) >= 11 is 0. The van der Waals surface area contributed by atoms with E-state index in [0.29, 0.717) is 28.4 Å². The SMILES string of the molecule is CNC(=O)c1c(-c2ccc(O)cc2)oc2cc(C(C)(C)O)c(C3CC3)cc12. The van der Waals surface area contributed by atoms with Crippen molar-refractivity contribution in [1.82, 2.24) is 5.32 Å². The number of hydrogen-bond donors (Lipinski definition) is 3. The van der Waals surface area contributed by atoms with E-state index in [1.165, 1.54) is 0 Å². The van der Waals surface area contributed by atoms with Crippen molar-refractivity contribution in [3.05, 3.63) is 53.1 Å². The molecule has 140 valence electrons. The van der Waals surface area contributed by atoms with Gasteiger partial charge in [0.15, 0.2) is 0 Å². The van der Waals surface area contributed by atoms with Crippen LogP contribution in [0, 0.1) is 0 Å². The average Bonchev–Trinajstić information content (AvgIpc) is 3.40. The number of benzene rings is 2. The van der Waals surface area contributed by atoms with Gasteiger partial charge in [-0.2, -0.15) is 0 Å². The topological polar surface area (TPSA) is 82.7 Å². The molecule has 0 spiro atoms. The van der Waals surface area contributed by atoms with Crippen LogP contribution in [0.3, 0.4) is 0 Å². The van der Waals surface area contributed by atoms with Gasteiger partial charge in [-0.25, -0.2) is 0 Å². The second-order valence-corrected chi connectivity index (χ2v) is 7.70. The average molecular weight is 365 g/mol. The van der Waals surface area contributed by atoms with Crippen molar-refractivity contribution in [1.29, 1.82) is 0 Å². The zero-order valence-corrected chi connectivity index (χ0v) is 15.7. The molecule has 3 aromatic rings. The second kappa shape index (κ2) is 6.13. The normalized spacial score (nSPS) is 14.5. The zero-order chi connectivity index (χ0) is 19.3. The maximum absolute atomic E-state index is 12.7. The molecule has 1 amide bonds. The second-order valence-electron chi connectivity index (χ2n) is 7.70. The van der Waals surface area contributed by atoms with Crippen LogP contribution in [0.2, 0.25) is 0 Å². The van der Waals surface area contributed by atoms with Gasteiger partial charge >= 0.3 is 0 Å². The van der Waals surface area contributed by atoms with E-state index >= 15 is 0 Å². The lowest BCUT2D eigenvalue weighted by Crippen LogP contribution is -2.19. The minimum Gasteiger partial charge on any atom is -0.508 e. The first-order valence-electron chi connectivity index (χ1n) is 9.14. The van der Waals surface area contributed by atoms with Gasteiger partial charge in [0.05, 0.1) is 11.2 Å². The van der Waals surface area contributed by atoms with Gasteiger partial charge in [0.1, 0.15) is 17.1 Å². The largest absolute Gasteiger partial charge is 0.508 e. The highest BCUT2D eigenvalue weighted by molar-refractivity contribution is 6.11. The molecule has 1 aliphatic rings. The Morgan fingerprint density at radius 2 is 1.85 bits per heavy atom. The van der Waals surface area contributed by atoms with Gasteiger partial charge in [0, 0.05) is 18.0 Å². The molecule has 4 rings (SSSR count). The summed E-state index contributed by atoms with van der Waals surface area (Å²) in [5.41, 5.74) is 2.68. The molecule has 1 heterocycles. The number of aliphatic hydroxyl groups is 1. The van der Waals surface area contributed by atoms with E-state index in [2.05, 4.69) is 5.32 Å². The fraction of sp³-hybridized carbons (Fsp3) is 0.318. The highest BCUT2D eigenvalue weighted by Crippen LogP contribution is 2.47. The zero-order valence-electron chi connectivity index (χ0n) is 15.7. The fourth-order valence-corrected chi connectivity index (χ4v) is 3.59. The molecule has 27 heavy (non-hydrogen) atoms. The van der Waals surface area contributed by atoms with Crippen LogP contribution in [0.15, 0.2) is 40.8 Å². The third-order valence-electron chi connectivity index (χ3n) is 5.12. The quantitative estimate of drug-likeness (QED) is 0.645. The summed E-state index contributed by atoms with van der Waals surface area (Å²) < 4.78 is 6.09. The molecule has 0 unspecified atom stereocenters. The number of rotatable bonds is 4. The highest BCUT2D eigenvalue weighted by atomic mass is 16.3. The summed E-state index contributed by atoms with van der Waals surface area (Å²) in [6.45, 7) is 3.53. The number of phenolic OH excluding ortho intramolecular Hbond substituents is 1. The predicted octanol–water partition coefficient (Wildman–Crippen LogP) is 4.27. The van der Waals surface area contributed by atoms with E-state index in [1.54, 1.807) is 45.2 Å². The Morgan fingerprint density at radius 1 is 1.19 bits per heavy atom. The monoisotopic (exact) mass is 365 g/mol. The first kappa shape index (κ1) is 17.6. The van der Waals surface area contributed by atoms with Gasteiger partial charge in [0.25, 0.3) is 5.91 Å². The Labute approximate surface area is 157 Å². The van der Waals surface area contributed by atoms with Crippen molar-refractivity contribution < 1.29 is 19.4 Å². The van der Waals surface area contributed by atoms with E-state index in [4.69, 9.17) is 4.42 Å². The van der Waals surface area contributed by atoms with Gasteiger partial charge in [-0.1, -0.05) is 0 Å². The smallest absolute Gasteiger partial charge is 0.255 e. The Hall–Kier alpha value is -2.79. The molecule has 2 aromatic carbocycles. The Bertz CT molecular complexity index is 1020. The van der Waals surface area contributed by atoms with Crippen molar-refractivity contribution in [2.24, 2.45) is 0 Å². The third-order valence-corrected chi connectivity index (χ3v) is 5.12. The van der Waals surface area contributed by atoms with E-state index < -0.39 is 5.60 Å². The van der Waals surface area contributed by atoms with Gasteiger partial charge < -0.3 is 19.9 Å². The van der Waals surface area contributed by atoms with Crippen LogP contribution >= 0.6 is 0 Å². The molecule has 0 radical (unpaired) electrons. The van der Waals surface area contributed by atoms with Crippen molar-refractivity contribution in [3.8, 4) is 17.1 Å². The van der Waals surface area contributed by atoms with Crippen LogP contribution in [0.1, 0.15) is 54.1 Å². The van der Waals surface area contributed by atoms with Gasteiger partial charge in [-0.3, -0.25) is 4.79 Å². The predicted molar refractivity (Wildman–Crippen MR) is 104 cm³/mol. The van der Waals surface area contributed by atoms with E-state index in [-0.39, 0.29) is 11.7 Å². The van der Waals surface area contributed by atoms with Crippen molar-refractivity contribution in [3.63, 3.8) is 0 Å². The number of amides is 1. The molecule has 5 heteroatoms. The van der Waals surface area contributed by atoms with Crippen molar-refractivity contribution >= 4 is 16.9 Å². The summed E-state index contributed by atoms with van der Waals surface area (Å²) in [7, 11) is 1.59. The maximum Gasteiger partial charge on any atom is 0.255 e. The number of carbonyl (C=O) groups excluding carboxylic acids is 1. The van der Waals surface area contributed by atoms with Crippen LogP contribution in [0.4, 0.5) is 0 Å². The van der Waals surface area contributed by atoms with Crippen LogP contribution in [0.25, 0.3) is 22.3 Å². The van der Waals surface area contributed by atoms with Crippen molar-refractivity contribution in [2.75, 3.05) is 7.05 Å². The molecule has 1 saturated carbocycles. The molecule has 3 N–H and O–H groups in total. The maximum atomic E-state index is 12.7. The molecule has 0 saturated heterocycles. The molecular formula is C22H23NO4. The van der Waals surface area contributed by atoms with E-state index in [9.17, 15) is 15.0 Å². The molecule has 1 aliphatic carbocycles. The lowest BCUT2D eigenvalue weighted by Gasteiger charge is -2.21. The molecule has 5 nitrogen and oxygen atoms in total. The summed E-state index contributed by atoms with van der Waals surface area (Å²) in [5.74, 6) is 0.797. The molecule has 1 fully saturated rings. The van der Waals surface area contributed by atoms with Crippen LogP contribution in [-0.4, -0.2) is 23.2 Å². The summed E-state index contributed by atoms with van der Waals surface area (Å²) in [6.07, 6.45) is 2.18. The van der Waals surface area contributed by atoms with Gasteiger partial charge in [-0.05, 0) is 80.1 Å². The van der Waals surface area contributed by atoms with Crippen LogP contribution in [0.5, 0.6) is 5.75 Å². The number of aromatic hydroxyl groups is 1. The number of phenols is 1. The molecule has 1 aromatic heterocycles. The number of hydrogen-bond acceptors (Lipinski definition) is 4. The van der Waals surface area contributed by atoms with Crippen LogP contribution < -0.4 is 5.32 Å². The van der Waals surface area contributed by atoms with Crippen LogP contribution in [-0.2, 0) is 5.60 Å². The summed E-state index contributed by atoms with van der Waals surface area (Å²) in [5, 5.41) is 23.6. The first-order chi connectivity index (χ1) is 12.8. The third kappa shape index (κ3) is 3.08. The lowest BCUT2D eigenvalue weighted by atomic mass is 9.89.